The lowest BCUT2D eigenvalue weighted by Crippen LogP contribution is -2.37. The van der Waals surface area contributed by atoms with Crippen molar-refractivity contribution in [3.63, 3.8) is 0 Å². The predicted molar refractivity (Wildman–Crippen MR) is 117 cm³/mol. The molecule has 0 amide bonds. The van der Waals surface area contributed by atoms with Crippen LogP contribution in [0.15, 0.2) is 0 Å². The number of rotatable bonds is 16. The van der Waals surface area contributed by atoms with E-state index in [1.807, 2.05) is 41.5 Å². The van der Waals surface area contributed by atoms with Gasteiger partial charge in [0.25, 0.3) is 0 Å². The molecule has 2 N–H and O–H groups in total. The first-order chi connectivity index (χ1) is 12.2. The highest BCUT2D eigenvalue weighted by atomic mass is 28.1. The second-order valence-electron chi connectivity index (χ2n) is 7.61. The Labute approximate surface area is 167 Å². The maximum absolute atomic E-state index is 6.62. The van der Waals surface area contributed by atoms with E-state index in [4.69, 9.17) is 24.7 Å². The molecule has 2 atom stereocenters. The van der Waals surface area contributed by atoms with Crippen molar-refractivity contribution in [3.8, 4) is 0 Å². The topological polar surface area (TPSA) is 62.9 Å². The molecule has 0 radical (unpaired) electrons. The molecular formula is C19H45NO4Si2. The summed E-state index contributed by atoms with van der Waals surface area (Å²) in [6, 6.07) is 0.258. The van der Waals surface area contributed by atoms with Crippen LogP contribution in [-0.2, 0) is 18.9 Å². The van der Waals surface area contributed by atoms with Gasteiger partial charge in [0.05, 0.1) is 0 Å². The van der Waals surface area contributed by atoms with E-state index in [0.29, 0.717) is 37.5 Å². The van der Waals surface area contributed by atoms with Crippen molar-refractivity contribution < 1.29 is 18.9 Å². The minimum atomic E-state index is -0.477. The van der Waals surface area contributed by atoms with Crippen molar-refractivity contribution in [1.29, 1.82) is 0 Å². The molecule has 0 aromatic rings. The zero-order valence-electron chi connectivity index (χ0n) is 18.6. The highest BCUT2D eigenvalue weighted by molar-refractivity contribution is 6.15. The highest BCUT2D eigenvalue weighted by Gasteiger charge is 2.30. The van der Waals surface area contributed by atoms with Crippen molar-refractivity contribution in [3.05, 3.63) is 0 Å². The second kappa shape index (κ2) is 13.4. The number of ether oxygens (including phenoxy) is 4. The van der Waals surface area contributed by atoms with E-state index in [1.165, 1.54) is 0 Å². The van der Waals surface area contributed by atoms with Crippen molar-refractivity contribution in [2.24, 2.45) is 5.73 Å². The molecule has 0 saturated heterocycles. The van der Waals surface area contributed by atoms with Gasteiger partial charge in [0.15, 0.2) is 11.6 Å². The summed E-state index contributed by atoms with van der Waals surface area (Å²) in [6.45, 7) is 14.9. The average molecular weight is 408 g/mol. The lowest BCUT2D eigenvalue weighted by Gasteiger charge is -2.34. The van der Waals surface area contributed by atoms with E-state index in [0.717, 1.165) is 46.2 Å². The maximum Gasteiger partial charge on any atom is 0.165 e. The van der Waals surface area contributed by atoms with E-state index < -0.39 is 11.6 Å². The van der Waals surface area contributed by atoms with Crippen molar-refractivity contribution >= 4 is 20.5 Å². The van der Waals surface area contributed by atoms with Crippen LogP contribution in [0.5, 0.6) is 0 Å². The number of hydrogen-bond acceptors (Lipinski definition) is 5. The first kappa shape index (κ1) is 26.2. The van der Waals surface area contributed by atoms with Crippen LogP contribution >= 0.6 is 0 Å². The first-order valence-electron chi connectivity index (χ1n) is 10.5. The molecule has 0 fully saturated rings. The highest BCUT2D eigenvalue weighted by Crippen LogP contribution is 2.31. The minimum absolute atomic E-state index is 0.258. The zero-order chi connectivity index (χ0) is 20.2. The lowest BCUT2D eigenvalue weighted by molar-refractivity contribution is -0.225. The molecule has 7 heteroatoms. The summed E-state index contributed by atoms with van der Waals surface area (Å²) in [5.41, 5.74) is 7.77. The fourth-order valence-electron chi connectivity index (χ4n) is 3.52. The smallest absolute Gasteiger partial charge is 0.165 e. The minimum Gasteiger partial charge on any atom is -0.351 e. The normalized spacial score (nSPS) is 16.7. The Bertz CT molecular complexity index is 316. The molecule has 26 heavy (non-hydrogen) atoms. The molecule has 2 unspecified atom stereocenters. The van der Waals surface area contributed by atoms with Gasteiger partial charge in [-0.1, -0.05) is 0 Å². The van der Waals surface area contributed by atoms with Crippen LogP contribution in [0.4, 0.5) is 0 Å². The molecule has 0 aromatic heterocycles. The summed E-state index contributed by atoms with van der Waals surface area (Å²) in [6.07, 6.45) is 3.94. The monoisotopic (exact) mass is 407 g/mol. The number of nitrogens with two attached hydrogens (primary N) is 1. The fourth-order valence-corrected chi connectivity index (χ4v) is 6.18. The van der Waals surface area contributed by atoms with Crippen LogP contribution < -0.4 is 5.73 Å². The summed E-state index contributed by atoms with van der Waals surface area (Å²) in [7, 11) is 2.19. The molecule has 0 aliphatic heterocycles. The lowest BCUT2D eigenvalue weighted by atomic mass is 9.98. The third kappa shape index (κ3) is 9.96. The first-order valence-corrected chi connectivity index (χ1v) is 12.8. The summed E-state index contributed by atoms with van der Waals surface area (Å²) in [4.78, 5) is 0. The molecule has 0 aromatic carbocycles. The van der Waals surface area contributed by atoms with Gasteiger partial charge in [-0.25, -0.2) is 0 Å². The Morgan fingerprint density at radius 2 is 0.962 bits per heavy atom. The van der Waals surface area contributed by atoms with Gasteiger partial charge >= 0.3 is 0 Å². The molecule has 0 bridgehead atoms. The third-order valence-electron chi connectivity index (χ3n) is 5.22. The van der Waals surface area contributed by atoms with Gasteiger partial charge in [0.1, 0.15) is 0 Å². The summed E-state index contributed by atoms with van der Waals surface area (Å²) in [5.74, 6) is -0.954. The van der Waals surface area contributed by atoms with E-state index in [1.54, 1.807) is 0 Å². The molecule has 0 heterocycles. The molecule has 5 nitrogen and oxygen atoms in total. The molecule has 0 aliphatic rings. The summed E-state index contributed by atoms with van der Waals surface area (Å²) < 4.78 is 23.3. The van der Waals surface area contributed by atoms with Crippen molar-refractivity contribution in [2.45, 2.75) is 95.9 Å². The van der Waals surface area contributed by atoms with E-state index in [2.05, 4.69) is 0 Å². The fraction of sp³-hybridized carbons (Fsp3) is 1.00. The van der Waals surface area contributed by atoms with Gasteiger partial charge in [-0.05, 0) is 65.5 Å². The largest absolute Gasteiger partial charge is 0.351 e. The predicted octanol–water partition coefficient (Wildman–Crippen LogP) is 1.76. The third-order valence-corrected chi connectivity index (χ3v) is 7.91. The standard InChI is InChI=1S/C19H45NO4Si2/c1-7-21-18(5,22-8-2)13-11-15(25)17(20)16(26)12-14-19(6,23-9-3)24-10-4/h15-17H,7-14,20H2,1-6,25-26H3. The van der Waals surface area contributed by atoms with Crippen LogP contribution in [0.1, 0.15) is 67.2 Å². The summed E-state index contributed by atoms with van der Waals surface area (Å²) >= 11 is 0. The van der Waals surface area contributed by atoms with E-state index in [9.17, 15) is 0 Å². The SMILES string of the molecule is CCOC(C)(CCC([SiH3])C(N)C([SiH3])CCC(C)(OCC)OCC)OCC. The van der Waals surface area contributed by atoms with Crippen LogP contribution in [0.3, 0.4) is 0 Å². The van der Waals surface area contributed by atoms with Crippen LogP contribution in [-0.4, -0.2) is 64.5 Å². The van der Waals surface area contributed by atoms with Gasteiger partial charge in [-0.3, -0.25) is 0 Å². The molecule has 0 spiro atoms. The number of hydrogen-bond donors (Lipinski definition) is 1. The Balaban J connectivity index is 4.54. The maximum atomic E-state index is 6.62. The van der Waals surface area contributed by atoms with Gasteiger partial charge in [0, 0.05) is 65.8 Å². The average Bonchev–Trinajstić information content (AvgIpc) is 2.58. The molecule has 0 aliphatic carbocycles. The van der Waals surface area contributed by atoms with Crippen molar-refractivity contribution in [2.75, 3.05) is 26.4 Å². The Hall–Kier alpha value is 0.234. The van der Waals surface area contributed by atoms with Gasteiger partial charge < -0.3 is 24.7 Å². The van der Waals surface area contributed by atoms with Crippen LogP contribution in [0, 0.1) is 0 Å². The molecule has 158 valence electrons. The Morgan fingerprint density at radius 1 is 0.692 bits per heavy atom. The van der Waals surface area contributed by atoms with Crippen LogP contribution in [0.25, 0.3) is 0 Å². The van der Waals surface area contributed by atoms with Crippen molar-refractivity contribution in [1.82, 2.24) is 0 Å². The van der Waals surface area contributed by atoms with Gasteiger partial charge in [0.2, 0.25) is 0 Å². The zero-order valence-corrected chi connectivity index (χ0v) is 22.6. The van der Waals surface area contributed by atoms with E-state index >= 15 is 0 Å². The molecular weight excluding hydrogens is 362 g/mol. The Kier molecular flexibility index (Phi) is 13.5. The second-order valence-corrected chi connectivity index (χ2v) is 10.6. The molecule has 0 rings (SSSR count). The summed E-state index contributed by atoms with van der Waals surface area (Å²) in [5, 5.41) is 0. The quantitative estimate of drug-likeness (QED) is 0.312. The molecule has 0 saturated carbocycles. The van der Waals surface area contributed by atoms with Gasteiger partial charge in [-0.2, -0.15) is 0 Å². The Morgan fingerprint density at radius 3 is 1.19 bits per heavy atom. The van der Waals surface area contributed by atoms with Gasteiger partial charge in [-0.15, -0.1) is 0 Å². The van der Waals surface area contributed by atoms with E-state index in [-0.39, 0.29) is 6.04 Å². The van der Waals surface area contributed by atoms with Crippen LogP contribution in [0.2, 0.25) is 11.1 Å².